The van der Waals surface area contributed by atoms with E-state index in [2.05, 4.69) is 99.0 Å². The third kappa shape index (κ3) is 4.81. The molecule has 3 heterocycles. The van der Waals surface area contributed by atoms with Gasteiger partial charge in [-0.1, -0.05) is 42.5 Å². The number of nitrogens with one attached hydrogen (secondary N) is 1. The molecule has 4 aromatic rings. The molecule has 2 aromatic carbocycles. The standard InChI is InChI=1S/C26H28BrN5S/c1-18-7-3-5-9-21(18)23-15-25(32-26(30-23)22(27)16-28-32)29-20-11-13-31(14-12-20)17-19-8-4-6-10-24(19)33-2/h3-10,15-16,20,29H,11-14,17H2,1-2H3. The lowest BCUT2D eigenvalue weighted by Crippen LogP contribution is -2.39. The van der Waals surface area contributed by atoms with Crippen molar-refractivity contribution in [2.24, 2.45) is 0 Å². The summed E-state index contributed by atoms with van der Waals surface area (Å²) in [5.41, 5.74) is 5.60. The Morgan fingerprint density at radius 2 is 1.85 bits per heavy atom. The Morgan fingerprint density at radius 1 is 1.09 bits per heavy atom. The van der Waals surface area contributed by atoms with Gasteiger partial charge in [0.1, 0.15) is 5.82 Å². The number of fused-ring (bicyclic) bond motifs is 1. The number of hydrogen-bond acceptors (Lipinski definition) is 5. The molecule has 1 aliphatic heterocycles. The van der Waals surface area contributed by atoms with E-state index in [9.17, 15) is 0 Å². The van der Waals surface area contributed by atoms with Crippen molar-refractivity contribution in [1.82, 2.24) is 19.5 Å². The van der Waals surface area contributed by atoms with Gasteiger partial charge >= 0.3 is 0 Å². The molecular formula is C26H28BrN5S. The lowest BCUT2D eigenvalue weighted by molar-refractivity contribution is 0.210. The van der Waals surface area contributed by atoms with Crippen LogP contribution >= 0.6 is 27.7 Å². The molecule has 1 N–H and O–H groups in total. The molecule has 1 fully saturated rings. The van der Waals surface area contributed by atoms with Crippen LogP contribution in [-0.2, 0) is 6.54 Å². The van der Waals surface area contributed by atoms with Crippen molar-refractivity contribution in [1.29, 1.82) is 0 Å². The number of aromatic nitrogens is 3. The van der Waals surface area contributed by atoms with Gasteiger partial charge in [0, 0.05) is 42.2 Å². The van der Waals surface area contributed by atoms with Crippen molar-refractivity contribution in [3.8, 4) is 11.3 Å². The lowest BCUT2D eigenvalue weighted by Gasteiger charge is -2.33. The topological polar surface area (TPSA) is 45.5 Å². The number of piperidine rings is 1. The molecule has 5 rings (SSSR count). The van der Waals surface area contributed by atoms with Gasteiger partial charge in [0.15, 0.2) is 5.65 Å². The van der Waals surface area contributed by atoms with Crippen LogP contribution < -0.4 is 5.32 Å². The molecule has 0 spiro atoms. The summed E-state index contributed by atoms with van der Waals surface area (Å²) in [5, 5.41) is 8.35. The van der Waals surface area contributed by atoms with Gasteiger partial charge in [0.05, 0.1) is 16.4 Å². The molecule has 1 saturated heterocycles. The molecule has 0 saturated carbocycles. The van der Waals surface area contributed by atoms with Crippen LogP contribution in [0, 0.1) is 6.92 Å². The predicted molar refractivity (Wildman–Crippen MR) is 141 cm³/mol. The number of anilines is 1. The largest absolute Gasteiger partial charge is 0.367 e. The molecule has 0 bridgehead atoms. The first kappa shape index (κ1) is 22.4. The average Bonchev–Trinajstić information content (AvgIpc) is 3.22. The van der Waals surface area contributed by atoms with E-state index >= 15 is 0 Å². The first-order chi connectivity index (χ1) is 16.1. The number of thioether (sulfide) groups is 1. The minimum absolute atomic E-state index is 0.412. The van der Waals surface area contributed by atoms with Gasteiger partial charge in [0.25, 0.3) is 0 Å². The molecule has 1 aliphatic rings. The fourth-order valence-corrected chi connectivity index (χ4v) is 5.51. The second kappa shape index (κ2) is 9.87. The highest BCUT2D eigenvalue weighted by Crippen LogP contribution is 2.29. The van der Waals surface area contributed by atoms with E-state index in [1.807, 2.05) is 22.5 Å². The van der Waals surface area contributed by atoms with Gasteiger partial charge in [-0.15, -0.1) is 11.8 Å². The summed E-state index contributed by atoms with van der Waals surface area (Å²) in [6, 6.07) is 19.7. The minimum atomic E-state index is 0.412. The average molecular weight is 523 g/mol. The summed E-state index contributed by atoms with van der Waals surface area (Å²) < 4.78 is 2.82. The number of nitrogens with zero attached hydrogens (tertiary/aromatic N) is 4. The smallest absolute Gasteiger partial charge is 0.172 e. The van der Waals surface area contributed by atoms with Gasteiger partial charge in [0.2, 0.25) is 0 Å². The number of likely N-dealkylation sites (tertiary alicyclic amines) is 1. The van der Waals surface area contributed by atoms with E-state index in [0.29, 0.717) is 6.04 Å². The molecule has 0 unspecified atom stereocenters. The summed E-state index contributed by atoms with van der Waals surface area (Å²) >= 11 is 5.45. The normalized spacial score (nSPS) is 15.2. The highest BCUT2D eigenvalue weighted by atomic mass is 79.9. The number of aryl methyl sites for hydroxylation is 1. The number of hydrogen-bond donors (Lipinski definition) is 1. The van der Waals surface area contributed by atoms with Crippen molar-refractivity contribution < 1.29 is 0 Å². The maximum atomic E-state index is 4.90. The van der Waals surface area contributed by atoms with Gasteiger partial charge in [-0.05, 0) is 59.1 Å². The SMILES string of the molecule is CSc1ccccc1CN1CCC(Nc2cc(-c3ccccc3C)nc3c(Br)cnn23)CC1. The predicted octanol–water partition coefficient (Wildman–Crippen LogP) is 6.27. The van der Waals surface area contributed by atoms with E-state index in [1.54, 1.807) is 0 Å². The van der Waals surface area contributed by atoms with Gasteiger partial charge in [-0.3, -0.25) is 4.90 Å². The van der Waals surface area contributed by atoms with E-state index in [1.165, 1.54) is 16.0 Å². The maximum Gasteiger partial charge on any atom is 0.172 e. The Hall–Kier alpha value is -2.35. The maximum absolute atomic E-state index is 4.90. The van der Waals surface area contributed by atoms with Crippen molar-refractivity contribution in [2.45, 2.75) is 37.2 Å². The molecule has 0 amide bonds. The van der Waals surface area contributed by atoms with Gasteiger partial charge in [-0.2, -0.15) is 9.61 Å². The van der Waals surface area contributed by atoms with Crippen LogP contribution in [0.2, 0.25) is 0 Å². The monoisotopic (exact) mass is 521 g/mol. The van der Waals surface area contributed by atoms with Crippen molar-refractivity contribution in [3.63, 3.8) is 0 Å². The van der Waals surface area contributed by atoms with Gasteiger partial charge < -0.3 is 5.32 Å². The minimum Gasteiger partial charge on any atom is -0.367 e. The molecule has 0 atom stereocenters. The second-order valence-corrected chi connectivity index (χ2v) is 10.3. The third-order valence-corrected chi connectivity index (χ3v) is 7.77. The van der Waals surface area contributed by atoms with Crippen LogP contribution in [0.4, 0.5) is 5.82 Å². The molecule has 170 valence electrons. The first-order valence-corrected chi connectivity index (χ1v) is 13.3. The number of rotatable bonds is 6. The fraction of sp³-hybridized carbons (Fsp3) is 0.308. The Labute approximate surface area is 207 Å². The molecule has 0 aliphatic carbocycles. The summed E-state index contributed by atoms with van der Waals surface area (Å²) in [4.78, 5) is 8.85. The Balaban J connectivity index is 1.33. The summed E-state index contributed by atoms with van der Waals surface area (Å²) in [7, 11) is 0. The second-order valence-electron chi connectivity index (χ2n) is 8.58. The van der Waals surface area contributed by atoms with Crippen molar-refractivity contribution in [3.05, 3.63) is 76.4 Å². The zero-order valence-corrected chi connectivity index (χ0v) is 21.4. The van der Waals surface area contributed by atoms with E-state index in [4.69, 9.17) is 4.98 Å². The highest BCUT2D eigenvalue weighted by molar-refractivity contribution is 9.10. The Kier molecular flexibility index (Phi) is 6.71. The molecular weight excluding hydrogens is 494 g/mol. The quantitative estimate of drug-likeness (QED) is 0.303. The van der Waals surface area contributed by atoms with Crippen LogP contribution in [0.5, 0.6) is 0 Å². The molecule has 0 radical (unpaired) electrons. The Bertz CT molecular complexity index is 1260. The zero-order chi connectivity index (χ0) is 22.8. The van der Waals surface area contributed by atoms with Crippen LogP contribution in [0.25, 0.3) is 16.9 Å². The molecule has 7 heteroatoms. The molecule has 33 heavy (non-hydrogen) atoms. The highest BCUT2D eigenvalue weighted by Gasteiger charge is 2.22. The summed E-state index contributed by atoms with van der Waals surface area (Å²) in [5.74, 6) is 0.995. The number of halogens is 1. The first-order valence-electron chi connectivity index (χ1n) is 11.3. The zero-order valence-electron chi connectivity index (χ0n) is 19.0. The number of benzene rings is 2. The third-order valence-electron chi connectivity index (χ3n) is 6.38. The lowest BCUT2D eigenvalue weighted by atomic mass is 10.0. The summed E-state index contributed by atoms with van der Waals surface area (Å²) in [6.45, 7) is 5.32. The van der Waals surface area contributed by atoms with Crippen LogP contribution in [0.1, 0.15) is 24.0 Å². The molecule has 5 nitrogen and oxygen atoms in total. The fourth-order valence-electron chi connectivity index (χ4n) is 4.56. The Morgan fingerprint density at radius 3 is 2.64 bits per heavy atom. The van der Waals surface area contributed by atoms with Gasteiger partial charge in [-0.25, -0.2) is 4.98 Å². The van der Waals surface area contributed by atoms with E-state index in [0.717, 1.165) is 59.7 Å². The van der Waals surface area contributed by atoms with E-state index in [-0.39, 0.29) is 0 Å². The van der Waals surface area contributed by atoms with Crippen LogP contribution in [0.15, 0.2) is 70.2 Å². The van der Waals surface area contributed by atoms with Crippen LogP contribution in [0.3, 0.4) is 0 Å². The van der Waals surface area contributed by atoms with E-state index < -0.39 is 0 Å². The molecule has 2 aromatic heterocycles. The summed E-state index contributed by atoms with van der Waals surface area (Å²) in [6.07, 6.45) is 6.19. The van der Waals surface area contributed by atoms with Crippen molar-refractivity contribution >= 4 is 39.2 Å². The van der Waals surface area contributed by atoms with Crippen molar-refractivity contribution in [2.75, 3.05) is 24.7 Å². The van der Waals surface area contributed by atoms with Crippen LogP contribution in [-0.4, -0.2) is 44.9 Å².